The third-order valence-corrected chi connectivity index (χ3v) is 3.60. The lowest BCUT2D eigenvalue weighted by atomic mass is 9.97. The monoisotopic (exact) mass is 259 g/mol. The van der Waals surface area contributed by atoms with Crippen LogP contribution in [0.3, 0.4) is 0 Å². The van der Waals surface area contributed by atoms with Gasteiger partial charge in [0.05, 0.1) is 18.2 Å². The van der Waals surface area contributed by atoms with Crippen LogP contribution < -0.4 is 5.73 Å². The number of nitrogens with two attached hydrogens (primary N) is 1. The smallest absolute Gasteiger partial charge is 0.251 e. The van der Waals surface area contributed by atoms with Gasteiger partial charge in [0, 0.05) is 0 Å². The van der Waals surface area contributed by atoms with E-state index < -0.39 is 0 Å². The fourth-order valence-electron chi connectivity index (χ4n) is 2.43. The highest BCUT2D eigenvalue weighted by Crippen LogP contribution is 2.23. The molecule has 0 saturated heterocycles. The van der Waals surface area contributed by atoms with Gasteiger partial charge in [-0.1, -0.05) is 31.2 Å². The van der Waals surface area contributed by atoms with Gasteiger partial charge in [-0.3, -0.25) is 4.79 Å². The Bertz CT molecular complexity index is 496. The maximum atomic E-state index is 12.3. The molecule has 1 atom stereocenters. The molecule has 1 amide bonds. The molecule has 0 fully saturated rings. The first-order valence-corrected chi connectivity index (χ1v) is 6.80. The maximum Gasteiger partial charge on any atom is 0.251 e. The van der Waals surface area contributed by atoms with Crippen LogP contribution in [-0.4, -0.2) is 23.2 Å². The van der Waals surface area contributed by atoms with Crippen molar-refractivity contribution in [3.63, 3.8) is 0 Å². The van der Waals surface area contributed by atoms with Gasteiger partial charge in [-0.25, -0.2) is 5.01 Å². The van der Waals surface area contributed by atoms with Gasteiger partial charge in [0.25, 0.3) is 5.91 Å². The second-order valence-electron chi connectivity index (χ2n) is 4.90. The Morgan fingerprint density at radius 1 is 1.37 bits per heavy atom. The summed E-state index contributed by atoms with van der Waals surface area (Å²) in [5.74, 6) is -0.0235. The number of carbonyl (C=O) groups excluding carboxylic acids is 1. The van der Waals surface area contributed by atoms with Crippen LogP contribution in [0.15, 0.2) is 29.4 Å². The van der Waals surface area contributed by atoms with E-state index in [9.17, 15) is 4.79 Å². The molecule has 1 aromatic rings. The molecule has 0 radical (unpaired) electrons. The fourth-order valence-corrected chi connectivity index (χ4v) is 2.43. The van der Waals surface area contributed by atoms with Gasteiger partial charge in [-0.15, -0.1) is 0 Å². The van der Waals surface area contributed by atoms with Crippen molar-refractivity contribution < 1.29 is 4.79 Å². The summed E-state index contributed by atoms with van der Waals surface area (Å²) in [6.45, 7) is 5.16. The predicted molar refractivity (Wildman–Crippen MR) is 76.6 cm³/mol. The molecule has 1 heterocycles. The number of rotatable bonds is 5. The molecule has 0 saturated carbocycles. The fraction of sp³-hybridized carbons (Fsp3) is 0.467. The quantitative estimate of drug-likeness (QED) is 0.880. The van der Waals surface area contributed by atoms with Gasteiger partial charge >= 0.3 is 0 Å². The van der Waals surface area contributed by atoms with Crippen LogP contribution in [0.25, 0.3) is 0 Å². The summed E-state index contributed by atoms with van der Waals surface area (Å²) >= 11 is 0. The van der Waals surface area contributed by atoms with E-state index in [4.69, 9.17) is 5.73 Å². The number of hydrogen-bond donors (Lipinski definition) is 1. The summed E-state index contributed by atoms with van der Waals surface area (Å²) in [4.78, 5) is 12.3. The van der Waals surface area contributed by atoms with Gasteiger partial charge in [0.15, 0.2) is 0 Å². The van der Waals surface area contributed by atoms with E-state index in [1.165, 1.54) is 5.56 Å². The van der Waals surface area contributed by atoms with Crippen molar-refractivity contribution in [1.29, 1.82) is 0 Å². The number of hydrogen-bond acceptors (Lipinski definition) is 3. The van der Waals surface area contributed by atoms with Crippen molar-refractivity contribution in [2.24, 2.45) is 16.8 Å². The number of nitrogens with zero attached hydrogens (tertiary/aromatic N) is 2. The molecule has 2 rings (SSSR count). The molecule has 0 spiro atoms. The summed E-state index contributed by atoms with van der Waals surface area (Å²) in [5.41, 5.74) is 8.87. The molecular weight excluding hydrogens is 238 g/mol. The van der Waals surface area contributed by atoms with Crippen LogP contribution in [-0.2, 0) is 11.3 Å². The SMILES string of the molecule is CCC1=NN(Cc2ccccc2C)C(=O)[C@H]1CCN. The minimum Gasteiger partial charge on any atom is -0.330 e. The highest BCUT2D eigenvalue weighted by molar-refractivity contribution is 6.07. The lowest BCUT2D eigenvalue weighted by Crippen LogP contribution is -2.29. The Balaban J connectivity index is 2.16. The van der Waals surface area contributed by atoms with Crippen molar-refractivity contribution in [3.8, 4) is 0 Å². The average molecular weight is 259 g/mol. The molecule has 4 heteroatoms. The Morgan fingerprint density at radius 2 is 2.11 bits per heavy atom. The summed E-state index contributed by atoms with van der Waals surface area (Å²) in [6, 6.07) is 8.09. The number of aryl methyl sites for hydroxylation is 1. The van der Waals surface area contributed by atoms with E-state index in [0.29, 0.717) is 19.5 Å². The van der Waals surface area contributed by atoms with E-state index in [1.54, 1.807) is 5.01 Å². The van der Waals surface area contributed by atoms with Gasteiger partial charge in [-0.05, 0) is 37.4 Å². The van der Waals surface area contributed by atoms with Crippen LogP contribution in [0.1, 0.15) is 30.9 Å². The van der Waals surface area contributed by atoms with E-state index >= 15 is 0 Å². The topological polar surface area (TPSA) is 58.7 Å². The van der Waals surface area contributed by atoms with Gasteiger partial charge < -0.3 is 5.73 Å². The Morgan fingerprint density at radius 3 is 2.74 bits per heavy atom. The largest absolute Gasteiger partial charge is 0.330 e. The molecule has 0 aliphatic carbocycles. The summed E-state index contributed by atoms with van der Waals surface area (Å²) in [7, 11) is 0. The summed E-state index contributed by atoms with van der Waals surface area (Å²) in [6.07, 6.45) is 1.50. The van der Waals surface area contributed by atoms with E-state index in [1.807, 2.05) is 25.1 Å². The van der Waals surface area contributed by atoms with Crippen LogP contribution in [0.4, 0.5) is 0 Å². The third kappa shape index (κ3) is 2.84. The van der Waals surface area contributed by atoms with Gasteiger partial charge in [-0.2, -0.15) is 5.10 Å². The first-order chi connectivity index (χ1) is 9.17. The number of benzene rings is 1. The normalized spacial score (nSPS) is 18.9. The number of carbonyl (C=O) groups is 1. The van der Waals surface area contributed by atoms with Gasteiger partial charge in [0.1, 0.15) is 0 Å². The molecule has 19 heavy (non-hydrogen) atoms. The molecule has 1 aromatic carbocycles. The second kappa shape index (κ2) is 5.97. The van der Waals surface area contributed by atoms with Crippen LogP contribution in [0.2, 0.25) is 0 Å². The van der Waals surface area contributed by atoms with Crippen molar-refractivity contribution in [2.45, 2.75) is 33.2 Å². The Kier molecular flexibility index (Phi) is 4.32. The highest BCUT2D eigenvalue weighted by atomic mass is 16.2. The first kappa shape index (κ1) is 13.7. The zero-order valence-electron chi connectivity index (χ0n) is 11.6. The molecule has 0 unspecified atom stereocenters. The molecule has 2 N–H and O–H groups in total. The summed E-state index contributed by atoms with van der Waals surface area (Å²) < 4.78 is 0. The minimum atomic E-state index is -0.112. The molecule has 0 bridgehead atoms. The first-order valence-electron chi connectivity index (χ1n) is 6.80. The zero-order valence-corrected chi connectivity index (χ0v) is 11.6. The van der Waals surface area contributed by atoms with E-state index in [-0.39, 0.29) is 11.8 Å². The Hall–Kier alpha value is -1.68. The van der Waals surface area contributed by atoms with E-state index in [0.717, 1.165) is 17.7 Å². The molecule has 1 aliphatic heterocycles. The van der Waals surface area contributed by atoms with Crippen LogP contribution in [0.5, 0.6) is 0 Å². The zero-order chi connectivity index (χ0) is 13.8. The number of amides is 1. The summed E-state index contributed by atoms with van der Waals surface area (Å²) in [5, 5.41) is 6.07. The van der Waals surface area contributed by atoms with Crippen molar-refractivity contribution in [3.05, 3.63) is 35.4 Å². The van der Waals surface area contributed by atoms with Crippen LogP contribution in [0, 0.1) is 12.8 Å². The molecule has 4 nitrogen and oxygen atoms in total. The molecule has 1 aliphatic rings. The van der Waals surface area contributed by atoms with Gasteiger partial charge in [0.2, 0.25) is 0 Å². The standard InChI is InChI=1S/C15H21N3O/c1-3-14-13(8-9-16)15(19)18(17-14)10-12-7-5-4-6-11(12)2/h4-7,13H,3,8-10,16H2,1-2H3/t13-/m0/s1. The second-order valence-corrected chi connectivity index (χ2v) is 4.90. The van der Waals surface area contributed by atoms with Crippen LogP contribution >= 0.6 is 0 Å². The highest BCUT2D eigenvalue weighted by Gasteiger charge is 2.33. The van der Waals surface area contributed by atoms with Crippen molar-refractivity contribution in [2.75, 3.05) is 6.54 Å². The lowest BCUT2D eigenvalue weighted by molar-refractivity contribution is -0.132. The van der Waals surface area contributed by atoms with E-state index in [2.05, 4.69) is 18.1 Å². The molecule has 102 valence electrons. The molecule has 0 aromatic heterocycles. The van der Waals surface area contributed by atoms with Crippen molar-refractivity contribution in [1.82, 2.24) is 5.01 Å². The Labute approximate surface area is 114 Å². The maximum absolute atomic E-state index is 12.3. The average Bonchev–Trinajstić information content (AvgIpc) is 2.70. The molecular formula is C15H21N3O. The third-order valence-electron chi connectivity index (χ3n) is 3.60. The minimum absolute atomic E-state index is 0.0885. The lowest BCUT2D eigenvalue weighted by Gasteiger charge is -2.15. The predicted octanol–water partition coefficient (Wildman–Crippen LogP) is 2.07. The number of hydrazone groups is 1. The van der Waals surface area contributed by atoms with Crippen molar-refractivity contribution >= 4 is 11.6 Å².